The van der Waals surface area contributed by atoms with Gasteiger partial charge in [0.05, 0.1) is 0 Å². The second-order valence-corrected chi connectivity index (χ2v) is 4.23. The molecule has 0 aliphatic rings. The number of allylic oxidation sites excluding steroid dienone is 2. The molecule has 0 bridgehead atoms. The van der Waals surface area contributed by atoms with Crippen LogP contribution in [0.2, 0.25) is 0 Å². The van der Waals surface area contributed by atoms with Gasteiger partial charge in [0.15, 0.2) is 0 Å². The molecule has 0 heterocycles. The molecule has 0 aromatic carbocycles. The molecule has 78 valence electrons. The summed E-state index contributed by atoms with van der Waals surface area (Å²) in [5.74, 6) is 0. The molecule has 0 saturated heterocycles. The molecule has 0 fully saturated rings. The van der Waals surface area contributed by atoms with Gasteiger partial charge in [-0.05, 0) is 38.0 Å². The molecule has 0 heteroatoms. The van der Waals surface area contributed by atoms with Crippen molar-refractivity contribution in [1.82, 2.24) is 0 Å². The average Bonchev–Trinajstić information content (AvgIpc) is 2.18. The molecule has 0 radical (unpaired) electrons. The molecular formula is C13H26. The Hall–Kier alpha value is -0.260. The normalized spacial score (nSPS) is 14.3. The minimum Gasteiger partial charge on any atom is -0.0739 e. The Balaban J connectivity index is 4.94. The molecule has 0 aromatic rings. The second-order valence-electron chi connectivity index (χ2n) is 4.23. The first kappa shape index (κ1) is 12.7. The molecule has 0 unspecified atom stereocenters. The van der Waals surface area contributed by atoms with Gasteiger partial charge in [0.25, 0.3) is 0 Å². The fourth-order valence-corrected chi connectivity index (χ4v) is 2.13. The highest BCUT2D eigenvalue weighted by Crippen LogP contribution is 2.38. The van der Waals surface area contributed by atoms with Crippen LogP contribution >= 0.6 is 0 Å². The summed E-state index contributed by atoms with van der Waals surface area (Å²) in [4.78, 5) is 0. The Bertz CT molecular complexity index is 170. The van der Waals surface area contributed by atoms with Crippen LogP contribution in [0.3, 0.4) is 0 Å². The van der Waals surface area contributed by atoms with Crippen molar-refractivity contribution in [1.29, 1.82) is 0 Å². The minimum absolute atomic E-state index is 0.453. The quantitative estimate of drug-likeness (QED) is 0.528. The first-order valence-electron chi connectivity index (χ1n) is 5.74. The van der Waals surface area contributed by atoms with Gasteiger partial charge >= 0.3 is 0 Å². The molecule has 13 heavy (non-hydrogen) atoms. The van der Waals surface area contributed by atoms with E-state index >= 15 is 0 Å². The predicted octanol–water partition coefficient (Wildman–Crippen LogP) is 4.95. The Morgan fingerprint density at radius 3 is 1.62 bits per heavy atom. The van der Waals surface area contributed by atoms with Crippen molar-refractivity contribution in [2.75, 3.05) is 0 Å². The number of rotatable bonds is 5. The SMILES string of the molecule is CCC(C)=C(CC)C(C)(CC)CC. The zero-order valence-electron chi connectivity index (χ0n) is 10.3. The maximum atomic E-state index is 2.41. The third kappa shape index (κ3) is 2.86. The third-order valence-corrected chi connectivity index (χ3v) is 3.69. The van der Waals surface area contributed by atoms with Gasteiger partial charge < -0.3 is 0 Å². The van der Waals surface area contributed by atoms with E-state index in [1.54, 1.807) is 11.1 Å². The Kier molecular flexibility index (Phi) is 5.36. The predicted molar refractivity (Wildman–Crippen MR) is 62.0 cm³/mol. The van der Waals surface area contributed by atoms with Crippen molar-refractivity contribution in [2.45, 2.75) is 67.2 Å². The average molecular weight is 182 g/mol. The fourth-order valence-electron chi connectivity index (χ4n) is 2.13. The number of hydrogen-bond acceptors (Lipinski definition) is 0. The summed E-state index contributed by atoms with van der Waals surface area (Å²) in [5.41, 5.74) is 3.75. The van der Waals surface area contributed by atoms with Gasteiger partial charge in [0, 0.05) is 0 Å². The van der Waals surface area contributed by atoms with Crippen LogP contribution in [0.1, 0.15) is 67.2 Å². The molecular weight excluding hydrogens is 156 g/mol. The van der Waals surface area contributed by atoms with E-state index in [0.717, 1.165) is 0 Å². The van der Waals surface area contributed by atoms with E-state index < -0.39 is 0 Å². The lowest BCUT2D eigenvalue weighted by molar-refractivity contribution is 0.354. The molecule has 0 aliphatic heterocycles. The molecule has 0 aliphatic carbocycles. The van der Waals surface area contributed by atoms with Crippen LogP contribution in [0.4, 0.5) is 0 Å². The molecule has 0 aromatic heterocycles. The lowest BCUT2D eigenvalue weighted by Gasteiger charge is -2.31. The summed E-state index contributed by atoms with van der Waals surface area (Å²) in [6.45, 7) is 13.9. The van der Waals surface area contributed by atoms with Crippen molar-refractivity contribution in [2.24, 2.45) is 5.41 Å². The van der Waals surface area contributed by atoms with Crippen LogP contribution in [0.25, 0.3) is 0 Å². The van der Waals surface area contributed by atoms with Crippen molar-refractivity contribution in [3.05, 3.63) is 11.1 Å². The molecule has 0 N–H and O–H groups in total. The first-order chi connectivity index (χ1) is 6.05. The summed E-state index contributed by atoms with van der Waals surface area (Å²) < 4.78 is 0. The van der Waals surface area contributed by atoms with E-state index in [9.17, 15) is 0 Å². The van der Waals surface area contributed by atoms with Crippen LogP contribution in [-0.2, 0) is 0 Å². The van der Waals surface area contributed by atoms with Gasteiger partial charge in [-0.25, -0.2) is 0 Å². The van der Waals surface area contributed by atoms with Crippen molar-refractivity contribution in [3.63, 3.8) is 0 Å². The molecule has 0 nitrogen and oxygen atoms in total. The highest BCUT2D eigenvalue weighted by Gasteiger charge is 2.24. The molecule has 0 atom stereocenters. The Labute approximate surface area is 84.4 Å². The van der Waals surface area contributed by atoms with E-state index in [-0.39, 0.29) is 0 Å². The molecule has 0 rings (SSSR count). The summed E-state index contributed by atoms with van der Waals surface area (Å²) in [7, 11) is 0. The van der Waals surface area contributed by atoms with Crippen LogP contribution in [0.5, 0.6) is 0 Å². The van der Waals surface area contributed by atoms with E-state index in [2.05, 4.69) is 41.5 Å². The summed E-state index contributed by atoms with van der Waals surface area (Å²) in [6.07, 6.45) is 4.96. The minimum atomic E-state index is 0.453. The van der Waals surface area contributed by atoms with Gasteiger partial charge in [-0.1, -0.05) is 45.8 Å². The van der Waals surface area contributed by atoms with Crippen molar-refractivity contribution in [3.8, 4) is 0 Å². The first-order valence-corrected chi connectivity index (χ1v) is 5.74. The van der Waals surface area contributed by atoms with Crippen LogP contribution < -0.4 is 0 Å². The Morgan fingerprint density at radius 1 is 0.923 bits per heavy atom. The second kappa shape index (κ2) is 5.47. The summed E-state index contributed by atoms with van der Waals surface area (Å²) in [6, 6.07) is 0. The lowest BCUT2D eigenvalue weighted by Crippen LogP contribution is -2.18. The summed E-state index contributed by atoms with van der Waals surface area (Å²) >= 11 is 0. The van der Waals surface area contributed by atoms with E-state index in [0.29, 0.717) is 5.41 Å². The maximum Gasteiger partial charge on any atom is -0.0119 e. The fraction of sp³-hybridized carbons (Fsp3) is 0.846. The van der Waals surface area contributed by atoms with Gasteiger partial charge in [-0.3, -0.25) is 0 Å². The van der Waals surface area contributed by atoms with Crippen molar-refractivity contribution >= 4 is 0 Å². The topological polar surface area (TPSA) is 0 Å². The third-order valence-electron chi connectivity index (χ3n) is 3.69. The standard InChI is InChI=1S/C13H26/c1-7-11(5)12(8-2)13(6,9-3)10-4/h7-10H2,1-6H3. The van der Waals surface area contributed by atoms with Gasteiger partial charge in [-0.15, -0.1) is 0 Å². The molecule has 0 saturated carbocycles. The van der Waals surface area contributed by atoms with E-state index in [1.807, 2.05) is 0 Å². The molecule has 0 amide bonds. The highest BCUT2D eigenvalue weighted by molar-refractivity contribution is 5.19. The lowest BCUT2D eigenvalue weighted by atomic mass is 9.74. The van der Waals surface area contributed by atoms with Crippen molar-refractivity contribution < 1.29 is 0 Å². The van der Waals surface area contributed by atoms with Gasteiger partial charge in [-0.2, -0.15) is 0 Å². The van der Waals surface area contributed by atoms with Gasteiger partial charge in [0.2, 0.25) is 0 Å². The molecule has 0 spiro atoms. The zero-order chi connectivity index (χ0) is 10.5. The zero-order valence-corrected chi connectivity index (χ0v) is 10.3. The number of hydrogen-bond donors (Lipinski definition) is 0. The maximum absolute atomic E-state index is 2.41. The van der Waals surface area contributed by atoms with E-state index in [4.69, 9.17) is 0 Å². The van der Waals surface area contributed by atoms with E-state index in [1.165, 1.54) is 25.7 Å². The van der Waals surface area contributed by atoms with Crippen LogP contribution in [-0.4, -0.2) is 0 Å². The van der Waals surface area contributed by atoms with Gasteiger partial charge in [0.1, 0.15) is 0 Å². The van der Waals surface area contributed by atoms with Crippen LogP contribution in [0, 0.1) is 5.41 Å². The summed E-state index contributed by atoms with van der Waals surface area (Å²) in [5, 5.41) is 0. The highest BCUT2D eigenvalue weighted by atomic mass is 14.3. The van der Waals surface area contributed by atoms with Crippen LogP contribution in [0.15, 0.2) is 11.1 Å². The largest absolute Gasteiger partial charge is 0.0739 e. The smallest absolute Gasteiger partial charge is 0.0119 e. The Morgan fingerprint density at radius 2 is 1.38 bits per heavy atom. The monoisotopic (exact) mass is 182 g/mol.